The Labute approximate surface area is 174 Å². The van der Waals surface area contributed by atoms with Gasteiger partial charge < -0.3 is 10.6 Å². The van der Waals surface area contributed by atoms with E-state index < -0.39 is 33.0 Å². The van der Waals surface area contributed by atoms with E-state index in [1.54, 1.807) is 37.3 Å². The van der Waals surface area contributed by atoms with Crippen molar-refractivity contribution in [2.45, 2.75) is 13.5 Å². The summed E-state index contributed by atoms with van der Waals surface area (Å²) < 4.78 is 1.42. The van der Waals surface area contributed by atoms with Crippen LogP contribution >= 0.6 is 0 Å². The van der Waals surface area contributed by atoms with E-state index in [1.165, 1.54) is 10.9 Å². The second kappa shape index (κ2) is 8.82. The van der Waals surface area contributed by atoms with Gasteiger partial charge in [0, 0.05) is 30.6 Å². The topological polar surface area (TPSA) is 162 Å². The lowest BCUT2D eigenvalue weighted by Crippen LogP contribution is -2.18. The normalized spacial score (nSPS) is 10.4. The molecule has 2 amide bonds. The van der Waals surface area contributed by atoms with Crippen LogP contribution in [0.3, 0.4) is 0 Å². The minimum Gasteiger partial charge on any atom is -0.321 e. The van der Waals surface area contributed by atoms with Gasteiger partial charge in [-0.1, -0.05) is 18.2 Å². The standard InChI is InChI=1S/C19H16N6O6/c1-2-23-11-16(17(22-23)19(27)20-13-6-4-3-5-7-13)21-18(26)12-8-14(24(28)29)10-15(9-12)25(30)31/h3-11H,2H2,1H3,(H,20,27)(H,21,26). The minimum absolute atomic E-state index is 0.0504. The Bertz CT molecular complexity index is 1140. The zero-order valence-corrected chi connectivity index (χ0v) is 16.1. The Morgan fingerprint density at radius 1 is 0.968 bits per heavy atom. The molecular formula is C19H16N6O6. The van der Waals surface area contributed by atoms with Gasteiger partial charge in [-0.3, -0.25) is 34.5 Å². The van der Waals surface area contributed by atoms with Crippen LogP contribution in [0.4, 0.5) is 22.7 Å². The fraction of sp³-hybridized carbons (Fsp3) is 0.105. The van der Waals surface area contributed by atoms with Crippen LogP contribution in [0.2, 0.25) is 0 Å². The summed E-state index contributed by atoms with van der Waals surface area (Å²) in [6.07, 6.45) is 1.42. The third kappa shape index (κ3) is 4.87. The molecule has 0 atom stereocenters. The largest absolute Gasteiger partial charge is 0.321 e. The molecule has 12 heteroatoms. The number of benzene rings is 2. The molecule has 0 spiro atoms. The zero-order chi connectivity index (χ0) is 22.5. The zero-order valence-electron chi connectivity index (χ0n) is 16.1. The monoisotopic (exact) mass is 424 g/mol. The number of nitrogens with one attached hydrogen (secondary N) is 2. The number of anilines is 2. The molecule has 0 aliphatic carbocycles. The molecule has 12 nitrogen and oxygen atoms in total. The Hall–Kier alpha value is -4.61. The Morgan fingerprint density at radius 3 is 2.13 bits per heavy atom. The van der Waals surface area contributed by atoms with Crippen LogP contribution < -0.4 is 10.6 Å². The maximum absolute atomic E-state index is 12.7. The van der Waals surface area contributed by atoms with E-state index in [2.05, 4.69) is 15.7 Å². The molecule has 31 heavy (non-hydrogen) atoms. The average molecular weight is 424 g/mol. The number of hydrogen-bond donors (Lipinski definition) is 2. The lowest BCUT2D eigenvalue weighted by atomic mass is 10.1. The van der Waals surface area contributed by atoms with Crippen molar-refractivity contribution in [3.05, 3.63) is 86.2 Å². The molecule has 0 saturated carbocycles. The van der Waals surface area contributed by atoms with Crippen molar-refractivity contribution in [1.29, 1.82) is 0 Å². The third-order valence-corrected chi connectivity index (χ3v) is 4.17. The lowest BCUT2D eigenvalue weighted by Gasteiger charge is -2.07. The van der Waals surface area contributed by atoms with E-state index in [1.807, 2.05) is 0 Å². The first-order valence-corrected chi connectivity index (χ1v) is 8.97. The van der Waals surface area contributed by atoms with Gasteiger partial charge in [-0.25, -0.2) is 0 Å². The van der Waals surface area contributed by atoms with E-state index in [0.29, 0.717) is 12.2 Å². The predicted octanol–water partition coefficient (Wildman–Crippen LogP) is 3.22. The van der Waals surface area contributed by atoms with Gasteiger partial charge >= 0.3 is 0 Å². The van der Waals surface area contributed by atoms with E-state index in [-0.39, 0.29) is 16.9 Å². The number of nitro benzene ring substituents is 2. The molecule has 0 aliphatic heterocycles. The number of nitrogens with zero attached hydrogens (tertiary/aromatic N) is 4. The van der Waals surface area contributed by atoms with E-state index in [0.717, 1.165) is 18.2 Å². The molecule has 3 rings (SSSR count). The maximum atomic E-state index is 12.7. The van der Waals surface area contributed by atoms with Gasteiger partial charge in [-0.05, 0) is 19.1 Å². The van der Waals surface area contributed by atoms with Crippen molar-refractivity contribution in [2.75, 3.05) is 10.6 Å². The van der Waals surface area contributed by atoms with Crippen LogP contribution in [0.25, 0.3) is 0 Å². The number of nitro groups is 2. The summed E-state index contributed by atoms with van der Waals surface area (Å²) in [6, 6.07) is 11.2. The van der Waals surface area contributed by atoms with Crippen molar-refractivity contribution in [3.63, 3.8) is 0 Å². The molecule has 0 unspecified atom stereocenters. The van der Waals surface area contributed by atoms with Crippen LogP contribution in [0.5, 0.6) is 0 Å². The Kier molecular flexibility index (Phi) is 6.00. The molecule has 2 aromatic carbocycles. The molecule has 0 aliphatic rings. The number of hydrogen-bond acceptors (Lipinski definition) is 7. The molecule has 3 aromatic rings. The van der Waals surface area contributed by atoms with Crippen molar-refractivity contribution in [2.24, 2.45) is 0 Å². The summed E-state index contributed by atoms with van der Waals surface area (Å²) in [5, 5.41) is 31.3. The minimum atomic E-state index is -0.865. The number of para-hydroxylation sites is 1. The first-order chi connectivity index (χ1) is 14.8. The van der Waals surface area contributed by atoms with Crippen molar-refractivity contribution < 1.29 is 19.4 Å². The van der Waals surface area contributed by atoms with E-state index in [4.69, 9.17) is 0 Å². The first-order valence-electron chi connectivity index (χ1n) is 8.97. The van der Waals surface area contributed by atoms with E-state index in [9.17, 15) is 29.8 Å². The fourth-order valence-corrected chi connectivity index (χ4v) is 2.69. The second-order valence-corrected chi connectivity index (χ2v) is 6.27. The summed E-state index contributed by atoms with van der Waals surface area (Å²) >= 11 is 0. The lowest BCUT2D eigenvalue weighted by molar-refractivity contribution is -0.394. The summed E-state index contributed by atoms with van der Waals surface area (Å²) in [5.74, 6) is -1.45. The number of amides is 2. The molecule has 1 aromatic heterocycles. The molecule has 1 heterocycles. The van der Waals surface area contributed by atoms with Crippen LogP contribution in [-0.4, -0.2) is 31.4 Å². The first kappa shape index (κ1) is 21.1. The molecular weight excluding hydrogens is 408 g/mol. The molecule has 0 saturated heterocycles. The summed E-state index contributed by atoms with van der Waals surface area (Å²) in [4.78, 5) is 45.8. The second-order valence-electron chi connectivity index (χ2n) is 6.27. The number of carbonyl (C=O) groups excluding carboxylic acids is 2. The molecule has 0 fully saturated rings. The average Bonchev–Trinajstić information content (AvgIpc) is 3.17. The molecule has 2 N–H and O–H groups in total. The van der Waals surface area contributed by atoms with Gasteiger partial charge in [0.2, 0.25) is 0 Å². The number of aromatic nitrogens is 2. The summed E-state index contributed by atoms with van der Waals surface area (Å²) in [7, 11) is 0. The highest BCUT2D eigenvalue weighted by molar-refractivity contribution is 6.11. The van der Waals surface area contributed by atoms with Gasteiger partial charge in [-0.2, -0.15) is 5.10 Å². The number of non-ortho nitro benzene ring substituents is 2. The Morgan fingerprint density at radius 2 is 1.58 bits per heavy atom. The highest BCUT2D eigenvalue weighted by Gasteiger charge is 2.23. The van der Waals surface area contributed by atoms with Crippen LogP contribution in [0, 0.1) is 20.2 Å². The van der Waals surface area contributed by atoms with Crippen molar-refractivity contribution in [3.8, 4) is 0 Å². The van der Waals surface area contributed by atoms with Crippen LogP contribution in [0.1, 0.15) is 27.8 Å². The fourth-order valence-electron chi connectivity index (χ4n) is 2.69. The van der Waals surface area contributed by atoms with Crippen molar-refractivity contribution >= 4 is 34.6 Å². The quantitative estimate of drug-likeness (QED) is 0.434. The molecule has 0 radical (unpaired) electrons. The maximum Gasteiger partial charge on any atom is 0.278 e. The number of rotatable bonds is 7. The predicted molar refractivity (Wildman–Crippen MR) is 110 cm³/mol. The van der Waals surface area contributed by atoms with Gasteiger partial charge in [0.25, 0.3) is 23.2 Å². The van der Waals surface area contributed by atoms with Crippen molar-refractivity contribution in [1.82, 2.24) is 9.78 Å². The van der Waals surface area contributed by atoms with Gasteiger partial charge in [-0.15, -0.1) is 0 Å². The van der Waals surface area contributed by atoms with Gasteiger partial charge in [0.1, 0.15) is 0 Å². The van der Waals surface area contributed by atoms with Crippen LogP contribution in [-0.2, 0) is 6.54 Å². The summed E-state index contributed by atoms with van der Waals surface area (Å²) in [6.45, 7) is 2.19. The van der Waals surface area contributed by atoms with E-state index >= 15 is 0 Å². The highest BCUT2D eigenvalue weighted by atomic mass is 16.6. The highest BCUT2D eigenvalue weighted by Crippen LogP contribution is 2.24. The smallest absolute Gasteiger partial charge is 0.278 e. The van der Waals surface area contributed by atoms with Crippen LogP contribution in [0.15, 0.2) is 54.7 Å². The number of carbonyl (C=O) groups is 2. The number of aryl methyl sites for hydroxylation is 1. The Balaban J connectivity index is 1.91. The van der Waals surface area contributed by atoms with Gasteiger partial charge in [0.05, 0.1) is 27.2 Å². The third-order valence-electron chi connectivity index (χ3n) is 4.17. The summed E-state index contributed by atoms with van der Waals surface area (Å²) in [5.41, 5.74) is -1.03. The molecule has 0 bridgehead atoms. The van der Waals surface area contributed by atoms with Gasteiger partial charge in [0.15, 0.2) is 5.69 Å². The molecule has 158 valence electrons. The SMILES string of the molecule is CCn1cc(NC(=O)c2cc([N+](=O)[O-])cc([N+](=O)[O-])c2)c(C(=O)Nc2ccccc2)n1.